The summed E-state index contributed by atoms with van der Waals surface area (Å²) in [7, 11) is -4.03. The molecule has 4 aromatic rings. The van der Waals surface area contributed by atoms with Crippen molar-refractivity contribution >= 4 is 27.3 Å². The number of nitrogens with zero attached hydrogens (tertiary/aromatic N) is 3. The van der Waals surface area contributed by atoms with Crippen LogP contribution in [0.5, 0.6) is 11.5 Å². The highest BCUT2D eigenvalue weighted by atomic mass is 35.5. The molecule has 0 unspecified atom stereocenters. The van der Waals surface area contributed by atoms with Crippen molar-refractivity contribution in [3.8, 4) is 23.0 Å². The fourth-order valence-electron chi connectivity index (χ4n) is 3.53. The molecule has 0 fully saturated rings. The molecule has 1 aliphatic rings. The van der Waals surface area contributed by atoms with Crippen LogP contribution in [0.2, 0.25) is 5.02 Å². The Morgan fingerprint density at radius 3 is 2.74 bits per heavy atom. The Morgan fingerprint density at radius 2 is 1.94 bits per heavy atom. The minimum Gasteiger partial charge on any atom is -0.486 e. The third-order valence-electron chi connectivity index (χ3n) is 5.18. The quantitative estimate of drug-likeness (QED) is 0.357. The van der Waals surface area contributed by atoms with Crippen molar-refractivity contribution in [3.05, 3.63) is 66.2 Å². The summed E-state index contributed by atoms with van der Waals surface area (Å²) < 4.78 is 46.0. The van der Waals surface area contributed by atoms with Gasteiger partial charge in [0, 0.05) is 42.1 Å². The van der Waals surface area contributed by atoms with Gasteiger partial charge in [0.2, 0.25) is 26.6 Å². The summed E-state index contributed by atoms with van der Waals surface area (Å²) in [6.45, 7) is 1.94. The van der Waals surface area contributed by atoms with Crippen LogP contribution in [0.25, 0.3) is 11.5 Å². The second-order valence-corrected chi connectivity index (χ2v) is 9.85. The zero-order chi connectivity index (χ0) is 23.5. The van der Waals surface area contributed by atoms with Gasteiger partial charge < -0.3 is 23.8 Å². The minimum absolute atomic E-state index is 0.0316. The molecule has 34 heavy (non-hydrogen) atoms. The second-order valence-electron chi connectivity index (χ2n) is 7.55. The summed E-state index contributed by atoms with van der Waals surface area (Å²) in [5, 5.41) is 3.37. The van der Waals surface area contributed by atoms with E-state index in [0.717, 1.165) is 0 Å². The predicted molar refractivity (Wildman–Crippen MR) is 125 cm³/mol. The van der Waals surface area contributed by atoms with Crippen molar-refractivity contribution in [2.24, 2.45) is 0 Å². The Morgan fingerprint density at radius 1 is 1.09 bits per heavy atom. The Hall–Kier alpha value is -3.50. The maximum absolute atomic E-state index is 13.6. The summed E-state index contributed by atoms with van der Waals surface area (Å²) in [6, 6.07) is 11.4. The van der Waals surface area contributed by atoms with Gasteiger partial charge in [0.1, 0.15) is 13.2 Å². The van der Waals surface area contributed by atoms with Gasteiger partial charge in [-0.1, -0.05) is 17.7 Å². The number of aromatic nitrogens is 3. The number of aryl methyl sites for hydroxylation is 1. The Balaban J connectivity index is 1.47. The molecular formula is C23H21ClN4O5S. The molecule has 9 nitrogen and oxygen atoms in total. The first-order valence-electron chi connectivity index (χ1n) is 10.6. The van der Waals surface area contributed by atoms with Gasteiger partial charge in [-0.2, -0.15) is 4.98 Å². The molecule has 0 aliphatic carbocycles. The smallest absolute Gasteiger partial charge is 0.233 e. The van der Waals surface area contributed by atoms with Crippen molar-refractivity contribution in [1.29, 1.82) is 0 Å². The van der Waals surface area contributed by atoms with E-state index in [1.165, 1.54) is 12.1 Å². The highest BCUT2D eigenvalue weighted by Gasteiger charge is 2.30. The van der Waals surface area contributed by atoms with E-state index in [1.807, 2.05) is 10.8 Å². The van der Waals surface area contributed by atoms with Gasteiger partial charge in [-0.25, -0.2) is 13.4 Å². The number of fused-ring (bicyclic) bond motifs is 1. The SMILES string of the molecule is O=S(=O)(c1ccc2c(c1)OCCO2)c1nc(-c2cccc(Cl)c2)oc1NCCCn1ccnc1. The maximum Gasteiger partial charge on any atom is 0.233 e. The van der Waals surface area contributed by atoms with Crippen LogP contribution in [0.1, 0.15) is 6.42 Å². The van der Waals surface area contributed by atoms with Gasteiger partial charge >= 0.3 is 0 Å². The van der Waals surface area contributed by atoms with Crippen molar-refractivity contribution in [1.82, 2.24) is 14.5 Å². The topological polar surface area (TPSA) is 108 Å². The number of hydrogen-bond acceptors (Lipinski definition) is 8. The molecule has 0 bridgehead atoms. The summed E-state index contributed by atoms with van der Waals surface area (Å²) in [5.74, 6) is 1.09. The first-order valence-corrected chi connectivity index (χ1v) is 12.5. The molecule has 0 saturated heterocycles. The van der Waals surface area contributed by atoms with Gasteiger partial charge in [0.15, 0.2) is 11.5 Å². The van der Waals surface area contributed by atoms with Gasteiger partial charge in [0.05, 0.1) is 11.2 Å². The van der Waals surface area contributed by atoms with E-state index < -0.39 is 9.84 Å². The van der Waals surface area contributed by atoms with Crippen LogP contribution in [0.4, 0.5) is 5.88 Å². The van der Waals surface area contributed by atoms with Crippen molar-refractivity contribution in [2.45, 2.75) is 22.9 Å². The lowest BCUT2D eigenvalue weighted by atomic mass is 10.2. The van der Waals surface area contributed by atoms with Crippen LogP contribution in [0, 0.1) is 0 Å². The average Bonchev–Trinajstić information content (AvgIpc) is 3.52. The zero-order valence-electron chi connectivity index (χ0n) is 18.0. The highest BCUT2D eigenvalue weighted by Crippen LogP contribution is 2.37. The summed E-state index contributed by atoms with van der Waals surface area (Å²) in [6.07, 6.45) is 6.01. The van der Waals surface area contributed by atoms with Gasteiger partial charge in [-0.3, -0.25) is 0 Å². The first kappa shape index (κ1) is 22.3. The largest absolute Gasteiger partial charge is 0.486 e. The molecule has 2 aromatic heterocycles. The molecule has 0 amide bonds. The van der Waals surface area contributed by atoms with Gasteiger partial charge in [0.25, 0.3) is 0 Å². The lowest BCUT2D eigenvalue weighted by Gasteiger charge is -2.18. The third-order valence-corrected chi connectivity index (χ3v) is 7.08. The number of nitrogens with one attached hydrogen (secondary N) is 1. The molecule has 11 heteroatoms. The number of benzene rings is 2. The standard InChI is InChI=1S/C23H21ClN4O5S/c24-17-4-1-3-16(13-17)21-27-23(22(33-21)26-7-2-9-28-10-8-25-15-28)34(29,30)18-5-6-19-20(14-18)32-12-11-31-19/h1,3-6,8,10,13-15,26H,2,7,9,11-12H2. The summed E-state index contributed by atoms with van der Waals surface area (Å²) in [4.78, 5) is 8.40. The number of ether oxygens (including phenoxy) is 2. The molecule has 0 saturated carbocycles. The molecule has 5 rings (SSSR count). The van der Waals surface area contributed by atoms with E-state index >= 15 is 0 Å². The molecule has 0 spiro atoms. The number of oxazole rings is 1. The number of anilines is 1. The number of sulfone groups is 1. The molecule has 1 N–H and O–H groups in total. The van der Waals surface area contributed by atoms with Crippen LogP contribution >= 0.6 is 11.6 Å². The Bertz CT molecular complexity index is 1400. The Labute approximate surface area is 201 Å². The molecule has 0 atom stereocenters. The zero-order valence-corrected chi connectivity index (χ0v) is 19.6. The fourth-order valence-corrected chi connectivity index (χ4v) is 5.01. The van der Waals surface area contributed by atoms with Crippen LogP contribution in [-0.2, 0) is 16.4 Å². The predicted octanol–water partition coefficient (Wildman–Crippen LogP) is 4.30. The number of rotatable bonds is 8. The van der Waals surface area contributed by atoms with Crippen LogP contribution in [0.15, 0.2) is 75.5 Å². The summed E-state index contributed by atoms with van der Waals surface area (Å²) in [5.41, 5.74) is 0.567. The monoisotopic (exact) mass is 500 g/mol. The lowest BCUT2D eigenvalue weighted by Crippen LogP contribution is -2.16. The molecular weight excluding hydrogens is 480 g/mol. The molecule has 176 valence electrons. The van der Waals surface area contributed by atoms with Crippen molar-refractivity contribution < 1.29 is 22.3 Å². The second kappa shape index (κ2) is 9.40. The van der Waals surface area contributed by atoms with Crippen LogP contribution < -0.4 is 14.8 Å². The van der Waals surface area contributed by atoms with Crippen LogP contribution in [-0.4, -0.2) is 42.7 Å². The first-order chi connectivity index (χ1) is 16.5. The van der Waals surface area contributed by atoms with E-state index in [2.05, 4.69) is 15.3 Å². The number of hydrogen-bond donors (Lipinski definition) is 1. The third kappa shape index (κ3) is 4.59. The molecule has 1 aliphatic heterocycles. The van der Waals surface area contributed by atoms with Crippen molar-refractivity contribution in [2.75, 3.05) is 25.1 Å². The normalized spacial score (nSPS) is 13.1. The molecule has 2 aromatic carbocycles. The summed E-state index contributed by atoms with van der Waals surface area (Å²) >= 11 is 6.11. The van der Waals surface area contributed by atoms with Crippen LogP contribution in [0.3, 0.4) is 0 Å². The van der Waals surface area contributed by atoms with E-state index in [1.54, 1.807) is 42.9 Å². The van der Waals surface area contributed by atoms with E-state index in [4.69, 9.17) is 25.5 Å². The van der Waals surface area contributed by atoms with Gasteiger partial charge in [-0.05, 0) is 36.8 Å². The maximum atomic E-state index is 13.6. The van der Waals surface area contributed by atoms with Gasteiger partial charge in [-0.15, -0.1) is 0 Å². The number of imidazole rings is 1. The van der Waals surface area contributed by atoms with Crippen molar-refractivity contribution in [3.63, 3.8) is 0 Å². The lowest BCUT2D eigenvalue weighted by molar-refractivity contribution is 0.171. The number of halogens is 1. The molecule has 3 heterocycles. The average molecular weight is 501 g/mol. The van der Waals surface area contributed by atoms with E-state index in [-0.39, 0.29) is 21.7 Å². The Kier molecular flexibility index (Phi) is 6.16. The fraction of sp³-hybridized carbons (Fsp3) is 0.217. The van der Waals surface area contributed by atoms with E-state index in [9.17, 15) is 8.42 Å². The molecule has 0 radical (unpaired) electrons. The van der Waals surface area contributed by atoms with E-state index in [0.29, 0.717) is 54.8 Å². The minimum atomic E-state index is -4.03. The highest BCUT2D eigenvalue weighted by molar-refractivity contribution is 7.91.